The van der Waals surface area contributed by atoms with E-state index < -0.39 is 77.8 Å². The number of nitro groups is 2. The quantitative estimate of drug-likeness (QED) is 0.152. The highest BCUT2D eigenvalue weighted by atomic mass is 32.2. The Morgan fingerprint density at radius 2 is 1.30 bits per heavy atom. The van der Waals surface area contributed by atoms with E-state index in [0.29, 0.717) is 28.6 Å². The van der Waals surface area contributed by atoms with Crippen LogP contribution in [0.3, 0.4) is 0 Å². The molecule has 9 nitrogen and oxygen atoms in total. The zero-order valence-corrected chi connectivity index (χ0v) is 21.1. The smallest absolute Gasteiger partial charge is 0.263 e. The second-order valence-electron chi connectivity index (χ2n) is 8.39. The first-order valence-corrected chi connectivity index (χ1v) is 12.8. The Kier molecular flexibility index (Phi) is 8.43. The van der Waals surface area contributed by atoms with Gasteiger partial charge in [-0.25, -0.2) is 8.42 Å². The number of nitrogens with zero attached hydrogens (tertiary/aromatic N) is 3. The Morgan fingerprint density at radius 1 is 0.800 bits per heavy atom. The summed E-state index contributed by atoms with van der Waals surface area (Å²) in [6.07, 6.45) is -10.0. The van der Waals surface area contributed by atoms with E-state index in [2.05, 4.69) is 0 Å². The van der Waals surface area contributed by atoms with Gasteiger partial charge in [0.15, 0.2) is 0 Å². The van der Waals surface area contributed by atoms with Crippen LogP contribution in [0.2, 0.25) is 0 Å². The maximum absolute atomic E-state index is 14.2. The molecule has 0 aliphatic heterocycles. The van der Waals surface area contributed by atoms with Gasteiger partial charge >= 0.3 is 12.4 Å². The van der Waals surface area contributed by atoms with Gasteiger partial charge in [0.2, 0.25) is 10.0 Å². The van der Waals surface area contributed by atoms with Crippen molar-refractivity contribution in [3.63, 3.8) is 0 Å². The van der Waals surface area contributed by atoms with E-state index in [-0.39, 0.29) is 24.1 Å². The summed E-state index contributed by atoms with van der Waals surface area (Å²) >= 11 is 0. The van der Waals surface area contributed by atoms with Crippen LogP contribution in [0.4, 0.5) is 43.4 Å². The van der Waals surface area contributed by atoms with Crippen LogP contribution < -0.4 is 4.31 Å². The second-order valence-corrected chi connectivity index (χ2v) is 10.3. The summed E-state index contributed by atoms with van der Waals surface area (Å²) in [6, 6.07) is 9.10. The van der Waals surface area contributed by atoms with Crippen molar-refractivity contribution in [2.24, 2.45) is 0 Å². The lowest BCUT2D eigenvalue weighted by Gasteiger charge is -2.29. The van der Waals surface area contributed by atoms with Gasteiger partial charge in [0.25, 0.3) is 11.4 Å². The SMILES string of the molecule is CCCN(c1ccc(C(F)(F)F)cc1[N+](=O)[O-])S(=O)(=O)C(c1ccccc1)c1ccc(C(F)(F)F)cc1[N+](=O)[O-]. The maximum Gasteiger partial charge on any atom is 0.416 e. The molecule has 3 aromatic carbocycles. The molecule has 0 spiro atoms. The molecule has 0 aromatic heterocycles. The van der Waals surface area contributed by atoms with Crippen molar-refractivity contribution in [2.45, 2.75) is 30.9 Å². The number of rotatable bonds is 9. The molecule has 0 saturated heterocycles. The number of hydrogen-bond acceptors (Lipinski definition) is 6. The Bertz CT molecular complexity index is 1530. The van der Waals surface area contributed by atoms with Crippen LogP contribution >= 0.6 is 0 Å². The normalized spacial score (nSPS) is 13.1. The monoisotopic (exact) mass is 591 g/mol. The van der Waals surface area contributed by atoms with Crippen molar-refractivity contribution < 1.29 is 44.6 Å². The standard InChI is InChI=1S/C24H19F6N3O6S/c1-2-12-31(19-11-9-17(24(28,29)30)14-21(19)33(36)37)40(38,39)22(15-6-4-3-5-7-15)18-10-8-16(23(25,26)27)13-20(18)32(34)35/h3-11,13-14,22H,2,12H2,1H3. The fourth-order valence-electron chi connectivity index (χ4n) is 4.01. The van der Waals surface area contributed by atoms with E-state index in [1.165, 1.54) is 37.3 Å². The average molecular weight is 591 g/mol. The molecule has 0 amide bonds. The highest BCUT2D eigenvalue weighted by molar-refractivity contribution is 7.93. The molecule has 0 N–H and O–H groups in total. The fraction of sp³-hybridized carbons (Fsp3) is 0.250. The van der Waals surface area contributed by atoms with Gasteiger partial charge in [0.05, 0.1) is 26.5 Å². The minimum atomic E-state index is -5.03. The van der Waals surface area contributed by atoms with E-state index in [4.69, 9.17) is 0 Å². The third-order valence-electron chi connectivity index (χ3n) is 5.74. The lowest BCUT2D eigenvalue weighted by atomic mass is 10.0. The first kappa shape index (κ1) is 30.3. The molecule has 0 aliphatic carbocycles. The van der Waals surface area contributed by atoms with Crippen molar-refractivity contribution in [3.05, 3.63) is 109 Å². The number of nitro benzene ring substituents is 2. The third kappa shape index (κ3) is 6.16. The molecule has 0 bridgehead atoms. The van der Waals surface area contributed by atoms with Crippen molar-refractivity contribution in [2.75, 3.05) is 10.8 Å². The van der Waals surface area contributed by atoms with Crippen LogP contribution in [0.1, 0.15) is 40.8 Å². The summed E-state index contributed by atoms with van der Waals surface area (Å²) < 4.78 is 109. The van der Waals surface area contributed by atoms with E-state index in [1.807, 2.05) is 0 Å². The lowest BCUT2D eigenvalue weighted by molar-refractivity contribution is -0.385. The van der Waals surface area contributed by atoms with Gasteiger partial charge in [-0.3, -0.25) is 24.5 Å². The van der Waals surface area contributed by atoms with Crippen molar-refractivity contribution in [3.8, 4) is 0 Å². The molecule has 40 heavy (non-hydrogen) atoms. The largest absolute Gasteiger partial charge is 0.416 e. The molecule has 214 valence electrons. The summed E-state index contributed by atoms with van der Waals surface area (Å²) in [5, 5.41) is 21.5. The fourth-order valence-corrected chi connectivity index (χ4v) is 6.15. The summed E-state index contributed by atoms with van der Waals surface area (Å²) in [4.78, 5) is 21.2. The van der Waals surface area contributed by atoms with E-state index >= 15 is 0 Å². The topological polar surface area (TPSA) is 124 Å². The number of alkyl halides is 6. The molecule has 3 aromatic rings. The zero-order chi connectivity index (χ0) is 30.0. The molecule has 0 radical (unpaired) electrons. The second kappa shape index (κ2) is 11.1. The first-order valence-electron chi connectivity index (χ1n) is 11.3. The Balaban J connectivity index is 2.36. The van der Waals surface area contributed by atoms with Gasteiger partial charge in [-0.15, -0.1) is 0 Å². The van der Waals surface area contributed by atoms with Gasteiger partial charge < -0.3 is 0 Å². The summed E-state index contributed by atoms with van der Waals surface area (Å²) in [7, 11) is -5.03. The number of benzene rings is 3. The molecule has 0 saturated carbocycles. The number of halogens is 6. The lowest BCUT2D eigenvalue weighted by Crippen LogP contribution is -2.37. The number of anilines is 1. The van der Waals surface area contributed by atoms with E-state index in [0.717, 1.165) is 0 Å². The Labute approximate surface area is 223 Å². The van der Waals surface area contributed by atoms with Gasteiger partial charge in [-0.05, 0) is 36.2 Å². The van der Waals surface area contributed by atoms with Crippen molar-refractivity contribution in [1.82, 2.24) is 0 Å². The third-order valence-corrected chi connectivity index (χ3v) is 7.85. The number of sulfonamides is 1. The Morgan fingerprint density at radius 3 is 1.77 bits per heavy atom. The molecule has 0 heterocycles. The predicted octanol–water partition coefficient (Wildman–Crippen LogP) is 6.88. The molecular weight excluding hydrogens is 572 g/mol. The summed E-state index contributed by atoms with van der Waals surface area (Å²) in [6.45, 7) is 0.961. The predicted molar refractivity (Wildman–Crippen MR) is 131 cm³/mol. The highest BCUT2D eigenvalue weighted by Gasteiger charge is 2.43. The summed E-state index contributed by atoms with van der Waals surface area (Å²) in [5.41, 5.74) is -6.81. The highest BCUT2D eigenvalue weighted by Crippen LogP contribution is 2.44. The van der Waals surface area contributed by atoms with Crippen LogP contribution in [0, 0.1) is 20.2 Å². The molecule has 3 rings (SSSR count). The molecular formula is C24H19F6N3O6S. The van der Waals surface area contributed by atoms with Gasteiger partial charge in [-0.1, -0.05) is 37.3 Å². The van der Waals surface area contributed by atoms with Gasteiger partial charge in [-0.2, -0.15) is 26.3 Å². The first-order chi connectivity index (χ1) is 18.5. The molecule has 0 fully saturated rings. The van der Waals surface area contributed by atoms with E-state index in [1.54, 1.807) is 0 Å². The van der Waals surface area contributed by atoms with Crippen molar-refractivity contribution in [1.29, 1.82) is 0 Å². The maximum atomic E-state index is 14.2. The van der Waals surface area contributed by atoms with Gasteiger partial charge in [0.1, 0.15) is 10.9 Å². The van der Waals surface area contributed by atoms with Crippen molar-refractivity contribution >= 4 is 27.1 Å². The van der Waals surface area contributed by atoms with Crippen LogP contribution in [0.15, 0.2) is 66.7 Å². The van der Waals surface area contributed by atoms with Gasteiger partial charge in [0, 0.05) is 18.7 Å². The minimum absolute atomic E-state index is 0.00593. The molecule has 1 unspecified atom stereocenters. The van der Waals surface area contributed by atoms with E-state index in [9.17, 15) is 55.0 Å². The zero-order valence-electron chi connectivity index (χ0n) is 20.3. The van der Waals surface area contributed by atoms with Crippen LogP contribution in [0.5, 0.6) is 0 Å². The molecule has 1 atom stereocenters. The van der Waals surface area contributed by atoms with Crippen LogP contribution in [0.25, 0.3) is 0 Å². The molecule has 0 aliphatic rings. The molecule has 16 heteroatoms. The summed E-state index contributed by atoms with van der Waals surface area (Å²) in [5.74, 6) is 0. The number of hydrogen-bond donors (Lipinski definition) is 0. The average Bonchev–Trinajstić information content (AvgIpc) is 2.86. The minimum Gasteiger partial charge on any atom is -0.263 e. The van der Waals surface area contributed by atoms with Crippen LogP contribution in [-0.2, 0) is 22.4 Å². The Hall–Kier alpha value is -4.21. The van der Waals surface area contributed by atoms with Crippen LogP contribution in [-0.4, -0.2) is 24.8 Å².